The second kappa shape index (κ2) is 7.34. The van der Waals surface area contributed by atoms with Gasteiger partial charge in [-0.15, -0.1) is 5.10 Å². The second-order valence-electron chi connectivity index (χ2n) is 5.71. The van der Waals surface area contributed by atoms with Gasteiger partial charge in [0.15, 0.2) is 5.78 Å². The molecule has 0 aliphatic rings. The fraction of sp³-hybridized carbons (Fsp3) is 0.111. The van der Waals surface area contributed by atoms with Crippen LogP contribution in [0.3, 0.4) is 0 Å². The Bertz CT molecular complexity index is 1090. The van der Waals surface area contributed by atoms with Gasteiger partial charge in [-0.25, -0.2) is 4.98 Å². The minimum absolute atomic E-state index is 0.0755. The van der Waals surface area contributed by atoms with Crippen LogP contribution in [0, 0.1) is 6.92 Å². The molecule has 0 atom stereocenters. The van der Waals surface area contributed by atoms with Crippen molar-refractivity contribution in [2.75, 3.05) is 0 Å². The van der Waals surface area contributed by atoms with Crippen molar-refractivity contribution < 1.29 is 9.21 Å². The predicted octanol–water partition coefficient (Wildman–Crippen LogP) is 4.04. The molecule has 1 aromatic carbocycles. The molecule has 0 unspecified atom stereocenters. The van der Waals surface area contributed by atoms with Gasteiger partial charge in [-0.2, -0.15) is 0 Å². The van der Waals surface area contributed by atoms with Crippen molar-refractivity contribution in [2.24, 2.45) is 0 Å². The molecule has 9 heteroatoms. The molecule has 4 rings (SSSR count). The van der Waals surface area contributed by atoms with Gasteiger partial charge in [0.2, 0.25) is 5.89 Å². The summed E-state index contributed by atoms with van der Waals surface area (Å²) in [5.74, 6) is 0.421. The van der Waals surface area contributed by atoms with E-state index in [0.29, 0.717) is 38.4 Å². The van der Waals surface area contributed by atoms with E-state index in [2.05, 4.69) is 24.5 Å². The number of nitrogens with zero attached hydrogens (tertiary/aromatic N) is 5. The Hall–Kier alpha value is -2.97. The summed E-state index contributed by atoms with van der Waals surface area (Å²) in [5, 5.41) is 4.39. The van der Waals surface area contributed by atoms with Crippen LogP contribution < -0.4 is 0 Å². The van der Waals surface area contributed by atoms with Crippen LogP contribution >= 0.6 is 23.1 Å². The molecule has 0 radical (unpaired) electrons. The number of Topliss-reactive ketones (excluding diaryl/α,β-unsaturated/α-hetero) is 1. The Kier molecular flexibility index (Phi) is 4.74. The first kappa shape index (κ1) is 17.4. The summed E-state index contributed by atoms with van der Waals surface area (Å²) in [7, 11) is 0. The molecule has 0 aliphatic carbocycles. The lowest BCUT2D eigenvalue weighted by molar-refractivity contribution is 0.0995. The summed E-state index contributed by atoms with van der Waals surface area (Å²) in [5.41, 5.74) is 3.29. The van der Waals surface area contributed by atoms with Gasteiger partial charge in [-0.1, -0.05) is 16.1 Å². The Labute approximate surface area is 163 Å². The molecule has 0 saturated carbocycles. The third-order valence-electron chi connectivity index (χ3n) is 3.87. The highest BCUT2D eigenvalue weighted by Crippen LogP contribution is 2.30. The van der Waals surface area contributed by atoms with Crippen molar-refractivity contribution in [3.8, 4) is 22.7 Å². The summed E-state index contributed by atoms with van der Waals surface area (Å²) in [6.45, 7) is 1.76. The smallest absolute Gasteiger partial charge is 0.225 e. The third kappa shape index (κ3) is 3.62. The summed E-state index contributed by atoms with van der Waals surface area (Å²) >= 11 is 7.40. The minimum Gasteiger partial charge on any atom is -0.445 e. The number of aryl methyl sites for hydroxylation is 1. The number of halogens is 1. The minimum atomic E-state index is -0.0755. The van der Waals surface area contributed by atoms with Crippen molar-refractivity contribution in [1.82, 2.24) is 24.5 Å². The highest BCUT2D eigenvalue weighted by atomic mass is 35.5. The molecule has 4 aromatic rings. The molecule has 0 bridgehead atoms. The SMILES string of the molecule is Cc1nnsc1C(=O)Cc1cnc(-c2cc(-c3ncco3)ccc2Cl)cn1. The number of carbonyl (C=O) groups excluding carboxylic acids is 1. The lowest BCUT2D eigenvalue weighted by Gasteiger charge is -2.06. The van der Waals surface area contributed by atoms with Gasteiger partial charge in [-0.3, -0.25) is 14.8 Å². The number of hydrogen-bond acceptors (Lipinski definition) is 8. The van der Waals surface area contributed by atoms with Crippen LogP contribution in [-0.4, -0.2) is 30.3 Å². The number of benzene rings is 1. The van der Waals surface area contributed by atoms with Crippen molar-refractivity contribution in [1.29, 1.82) is 0 Å². The fourth-order valence-electron chi connectivity index (χ4n) is 2.54. The predicted molar refractivity (Wildman–Crippen MR) is 101 cm³/mol. The van der Waals surface area contributed by atoms with E-state index in [4.69, 9.17) is 16.0 Å². The monoisotopic (exact) mass is 397 g/mol. The molecule has 3 heterocycles. The first-order valence-electron chi connectivity index (χ1n) is 7.94. The zero-order valence-electron chi connectivity index (χ0n) is 14.1. The molecule has 0 N–H and O–H groups in total. The highest BCUT2D eigenvalue weighted by Gasteiger charge is 2.15. The third-order valence-corrected chi connectivity index (χ3v) is 5.07. The molecule has 0 aliphatic heterocycles. The zero-order chi connectivity index (χ0) is 18.8. The largest absolute Gasteiger partial charge is 0.445 e. The molecule has 27 heavy (non-hydrogen) atoms. The first-order chi connectivity index (χ1) is 13.1. The van der Waals surface area contributed by atoms with E-state index in [1.54, 1.807) is 31.6 Å². The standard InChI is InChI=1S/C18H12ClN5O2S/c1-10-17(27-24-23-10)16(25)7-12-8-22-15(9-21-12)13-6-11(2-3-14(13)19)18-20-4-5-26-18/h2-6,8-9H,7H2,1H3. The van der Waals surface area contributed by atoms with Crippen LogP contribution in [0.25, 0.3) is 22.7 Å². The van der Waals surface area contributed by atoms with Crippen molar-refractivity contribution >= 4 is 28.9 Å². The Morgan fingerprint density at radius 2 is 2.11 bits per heavy atom. The van der Waals surface area contributed by atoms with E-state index in [0.717, 1.165) is 17.1 Å². The maximum absolute atomic E-state index is 12.3. The average Bonchev–Trinajstić information content (AvgIpc) is 3.35. The van der Waals surface area contributed by atoms with Gasteiger partial charge in [0.25, 0.3) is 0 Å². The molecular formula is C18H12ClN5O2S. The first-order valence-corrected chi connectivity index (χ1v) is 9.10. The number of rotatable bonds is 5. The number of oxazole rings is 1. The maximum Gasteiger partial charge on any atom is 0.225 e. The van der Waals surface area contributed by atoms with E-state index in [1.807, 2.05) is 12.1 Å². The number of aromatic nitrogens is 5. The molecular weight excluding hydrogens is 386 g/mol. The lowest BCUT2D eigenvalue weighted by atomic mass is 10.1. The lowest BCUT2D eigenvalue weighted by Crippen LogP contribution is -2.05. The summed E-state index contributed by atoms with van der Waals surface area (Å²) in [4.78, 5) is 25.7. The van der Waals surface area contributed by atoms with E-state index >= 15 is 0 Å². The Balaban J connectivity index is 1.58. The van der Waals surface area contributed by atoms with Crippen molar-refractivity contribution in [3.05, 3.63) is 64.3 Å². The Morgan fingerprint density at radius 1 is 1.22 bits per heavy atom. The molecule has 3 aromatic heterocycles. The van der Waals surface area contributed by atoms with Gasteiger partial charge in [-0.05, 0) is 36.7 Å². The molecule has 0 fully saturated rings. The molecule has 0 saturated heterocycles. The van der Waals surface area contributed by atoms with Crippen LogP contribution in [0.2, 0.25) is 5.02 Å². The summed E-state index contributed by atoms with van der Waals surface area (Å²) in [6.07, 6.45) is 6.40. The Morgan fingerprint density at radius 3 is 2.78 bits per heavy atom. The number of carbonyl (C=O) groups is 1. The zero-order valence-corrected chi connectivity index (χ0v) is 15.7. The van der Waals surface area contributed by atoms with E-state index < -0.39 is 0 Å². The summed E-state index contributed by atoms with van der Waals surface area (Å²) < 4.78 is 9.11. The van der Waals surface area contributed by atoms with Gasteiger partial charge >= 0.3 is 0 Å². The fourth-order valence-corrected chi connectivity index (χ4v) is 3.34. The molecule has 7 nitrogen and oxygen atoms in total. The van der Waals surface area contributed by atoms with Crippen molar-refractivity contribution in [3.63, 3.8) is 0 Å². The maximum atomic E-state index is 12.3. The van der Waals surface area contributed by atoms with Gasteiger partial charge in [0, 0.05) is 17.3 Å². The molecule has 134 valence electrons. The van der Waals surface area contributed by atoms with Gasteiger partial charge in [0.1, 0.15) is 11.1 Å². The van der Waals surface area contributed by atoms with Crippen LogP contribution in [0.1, 0.15) is 21.1 Å². The number of hydrogen-bond donors (Lipinski definition) is 0. The van der Waals surface area contributed by atoms with Crippen LogP contribution in [0.15, 0.2) is 47.5 Å². The molecule has 0 amide bonds. The quantitative estimate of drug-likeness (QED) is 0.469. The van der Waals surface area contributed by atoms with Crippen LogP contribution in [0.4, 0.5) is 0 Å². The van der Waals surface area contributed by atoms with Crippen LogP contribution in [-0.2, 0) is 6.42 Å². The highest BCUT2D eigenvalue weighted by molar-refractivity contribution is 7.08. The van der Waals surface area contributed by atoms with E-state index in [9.17, 15) is 4.79 Å². The molecule has 0 spiro atoms. The van der Waals surface area contributed by atoms with E-state index in [-0.39, 0.29) is 12.2 Å². The van der Waals surface area contributed by atoms with Gasteiger partial charge in [0.05, 0.1) is 40.9 Å². The summed E-state index contributed by atoms with van der Waals surface area (Å²) in [6, 6.07) is 5.42. The van der Waals surface area contributed by atoms with Gasteiger partial charge < -0.3 is 4.42 Å². The van der Waals surface area contributed by atoms with E-state index in [1.165, 1.54) is 6.26 Å². The topological polar surface area (TPSA) is 94.7 Å². The second-order valence-corrected chi connectivity index (χ2v) is 6.87. The normalized spacial score (nSPS) is 10.9. The number of ketones is 1. The average molecular weight is 398 g/mol. The van der Waals surface area contributed by atoms with Crippen molar-refractivity contribution in [2.45, 2.75) is 13.3 Å². The van der Waals surface area contributed by atoms with Crippen LogP contribution in [0.5, 0.6) is 0 Å².